The molecule has 0 amide bonds. The van der Waals surface area contributed by atoms with Crippen molar-refractivity contribution in [2.75, 3.05) is 0 Å². The third kappa shape index (κ3) is 1.92. The predicted octanol–water partition coefficient (Wildman–Crippen LogP) is 1.80. The lowest BCUT2D eigenvalue weighted by Gasteiger charge is -2.12. The van der Waals surface area contributed by atoms with Crippen molar-refractivity contribution < 1.29 is 18.3 Å². The second kappa shape index (κ2) is 3.66. The summed E-state index contributed by atoms with van der Waals surface area (Å²) in [7, 11) is 0. The second-order valence-corrected chi connectivity index (χ2v) is 2.54. The quantitative estimate of drug-likeness (QED) is 0.748. The highest BCUT2D eigenvalue weighted by molar-refractivity contribution is 5.36. The van der Waals surface area contributed by atoms with Crippen molar-refractivity contribution in [2.45, 2.75) is 12.5 Å². The van der Waals surface area contributed by atoms with Crippen LogP contribution in [0.1, 0.15) is 11.6 Å². The van der Waals surface area contributed by atoms with Crippen LogP contribution in [0.3, 0.4) is 0 Å². The Labute approximate surface area is 72.8 Å². The zero-order chi connectivity index (χ0) is 10.0. The monoisotopic (exact) mass is 191 g/mol. The molecule has 0 aliphatic carbocycles. The fourth-order valence-corrected chi connectivity index (χ4v) is 0.937. The molecule has 3 N–H and O–H groups in total. The van der Waals surface area contributed by atoms with Crippen molar-refractivity contribution >= 4 is 0 Å². The lowest BCUT2D eigenvalue weighted by Crippen LogP contribution is -2.19. The first-order valence-electron chi connectivity index (χ1n) is 3.55. The Hall–Kier alpha value is -1.23. The largest absolute Gasteiger partial charge is 0.505 e. The molecular weight excluding hydrogens is 183 g/mol. The summed E-state index contributed by atoms with van der Waals surface area (Å²) in [6.07, 6.45) is -2.83. The number of phenols is 1. The third-order valence-electron chi connectivity index (χ3n) is 1.65. The van der Waals surface area contributed by atoms with Crippen LogP contribution in [0.2, 0.25) is 0 Å². The Morgan fingerprint density at radius 2 is 1.92 bits per heavy atom. The van der Waals surface area contributed by atoms with Crippen LogP contribution in [0.25, 0.3) is 0 Å². The third-order valence-corrected chi connectivity index (χ3v) is 1.65. The maximum Gasteiger partial charge on any atom is 0.257 e. The van der Waals surface area contributed by atoms with Crippen LogP contribution in [0.5, 0.6) is 5.75 Å². The second-order valence-electron chi connectivity index (χ2n) is 2.54. The molecule has 72 valence electrons. The number of aromatic hydroxyl groups is 1. The summed E-state index contributed by atoms with van der Waals surface area (Å²) in [6.45, 7) is 0. The molecule has 2 nitrogen and oxygen atoms in total. The Kier molecular flexibility index (Phi) is 2.77. The standard InChI is InChI=1S/C8H8F3NO/c9-5-3-1-2-4(7(5)13)6(12)8(10)11/h1-3,6,8,13H,12H2/t6-/m0/s1. The maximum absolute atomic E-state index is 12.7. The van der Waals surface area contributed by atoms with Crippen molar-refractivity contribution in [3.63, 3.8) is 0 Å². The first kappa shape index (κ1) is 9.85. The van der Waals surface area contributed by atoms with E-state index < -0.39 is 24.0 Å². The summed E-state index contributed by atoms with van der Waals surface area (Å²) in [5.41, 5.74) is 4.75. The lowest BCUT2D eigenvalue weighted by molar-refractivity contribution is 0.115. The average molecular weight is 191 g/mol. The average Bonchev–Trinajstić information content (AvgIpc) is 2.08. The number of alkyl halides is 2. The Bertz CT molecular complexity index is 303. The van der Waals surface area contributed by atoms with Crippen LogP contribution in [0.4, 0.5) is 13.2 Å². The first-order valence-corrected chi connectivity index (χ1v) is 3.55. The van der Waals surface area contributed by atoms with E-state index in [9.17, 15) is 13.2 Å². The molecule has 1 aromatic rings. The highest BCUT2D eigenvalue weighted by Gasteiger charge is 2.21. The highest BCUT2D eigenvalue weighted by Crippen LogP contribution is 2.28. The fourth-order valence-electron chi connectivity index (χ4n) is 0.937. The SMILES string of the molecule is N[C@@H](c1cccc(F)c1O)C(F)F. The molecule has 0 aromatic heterocycles. The smallest absolute Gasteiger partial charge is 0.257 e. The summed E-state index contributed by atoms with van der Waals surface area (Å²) in [5, 5.41) is 9.03. The van der Waals surface area contributed by atoms with Gasteiger partial charge in [0.15, 0.2) is 11.6 Å². The van der Waals surface area contributed by atoms with Crippen LogP contribution in [-0.4, -0.2) is 11.5 Å². The lowest BCUT2D eigenvalue weighted by atomic mass is 10.1. The first-order chi connectivity index (χ1) is 6.04. The fraction of sp³-hybridized carbons (Fsp3) is 0.250. The molecule has 0 heterocycles. The minimum atomic E-state index is -2.83. The topological polar surface area (TPSA) is 46.2 Å². The van der Waals surface area contributed by atoms with E-state index >= 15 is 0 Å². The van der Waals surface area contributed by atoms with E-state index in [0.29, 0.717) is 0 Å². The van der Waals surface area contributed by atoms with Crippen LogP contribution in [-0.2, 0) is 0 Å². The summed E-state index contributed by atoms with van der Waals surface area (Å²) < 4.78 is 36.8. The van der Waals surface area contributed by atoms with E-state index in [1.165, 1.54) is 6.07 Å². The molecule has 0 aliphatic heterocycles. The van der Waals surface area contributed by atoms with Gasteiger partial charge in [0.1, 0.15) is 0 Å². The van der Waals surface area contributed by atoms with Gasteiger partial charge >= 0.3 is 0 Å². The van der Waals surface area contributed by atoms with Gasteiger partial charge in [-0.3, -0.25) is 0 Å². The number of para-hydroxylation sites is 1. The van der Waals surface area contributed by atoms with Gasteiger partial charge in [-0.1, -0.05) is 12.1 Å². The molecular formula is C8H8F3NO. The minimum Gasteiger partial charge on any atom is -0.505 e. The molecule has 0 spiro atoms. The number of benzene rings is 1. The van der Waals surface area contributed by atoms with Gasteiger partial charge in [0.25, 0.3) is 6.43 Å². The van der Waals surface area contributed by atoms with Crippen LogP contribution < -0.4 is 5.73 Å². The molecule has 0 radical (unpaired) electrons. The Balaban J connectivity index is 3.07. The molecule has 0 saturated carbocycles. The minimum absolute atomic E-state index is 0.282. The van der Waals surface area contributed by atoms with Gasteiger partial charge in [0.2, 0.25) is 0 Å². The van der Waals surface area contributed by atoms with Crippen molar-refractivity contribution in [1.82, 2.24) is 0 Å². The van der Waals surface area contributed by atoms with E-state index in [-0.39, 0.29) is 5.56 Å². The van der Waals surface area contributed by atoms with Crippen molar-refractivity contribution in [3.8, 4) is 5.75 Å². The van der Waals surface area contributed by atoms with Gasteiger partial charge in [-0.2, -0.15) is 0 Å². The molecule has 0 bridgehead atoms. The highest BCUT2D eigenvalue weighted by atomic mass is 19.3. The van der Waals surface area contributed by atoms with Gasteiger partial charge in [0, 0.05) is 5.56 Å². The molecule has 13 heavy (non-hydrogen) atoms. The normalized spacial score (nSPS) is 13.3. The van der Waals surface area contributed by atoms with Crippen LogP contribution in [0, 0.1) is 5.82 Å². The summed E-state index contributed by atoms with van der Waals surface area (Å²) in [6, 6.07) is 1.69. The van der Waals surface area contributed by atoms with Gasteiger partial charge < -0.3 is 10.8 Å². The van der Waals surface area contributed by atoms with E-state index in [1.54, 1.807) is 0 Å². The summed E-state index contributed by atoms with van der Waals surface area (Å²) in [4.78, 5) is 0. The molecule has 0 fully saturated rings. The Morgan fingerprint density at radius 1 is 1.31 bits per heavy atom. The van der Waals surface area contributed by atoms with E-state index in [2.05, 4.69) is 0 Å². The van der Waals surface area contributed by atoms with Crippen molar-refractivity contribution in [3.05, 3.63) is 29.6 Å². The molecule has 0 saturated heterocycles. The zero-order valence-electron chi connectivity index (χ0n) is 6.55. The number of halogens is 3. The van der Waals surface area contributed by atoms with E-state index in [4.69, 9.17) is 10.8 Å². The number of hydrogen-bond acceptors (Lipinski definition) is 2. The van der Waals surface area contributed by atoms with E-state index in [0.717, 1.165) is 12.1 Å². The molecule has 5 heteroatoms. The summed E-state index contributed by atoms with van der Waals surface area (Å²) >= 11 is 0. The van der Waals surface area contributed by atoms with Gasteiger partial charge in [-0.05, 0) is 6.07 Å². The molecule has 1 rings (SSSR count). The number of hydrogen-bond donors (Lipinski definition) is 2. The number of phenolic OH excluding ortho intramolecular Hbond substituents is 1. The van der Waals surface area contributed by atoms with Gasteiger partial charge in [-0.25, -0.2) is 13.2 Å². The summed E-state index contributed by atoms with van der Waals surface area (Å²) in [5.74, 6) is -1.76. The van der Waals surface area contributed by atoms with Crippen molar-refractivity contribution in [2.24, 2.45) is 5.73 Å². The molecule has 0 aliphatic rings. The number of nitrogens with two attached hydrogens (primary N) is 1. The van der Waals surface area contributed by atoms with Gasteiger partial charge in [0.05, 0.1) is 6.04 Å². The molecule has 1 atom stereocenters. The van der Waals surface area contributed by atoms with Crippen molar-refractivity contribution in [1.29, 1.82) is 0 Å². The number of rotatable bonds is 2. The zero-order valence-corrected chi connectivity index (χ0v) is 6.55. The van der Waals surface area contributed by atoms with E-state index in [1.807, 2.05) is 0 Å². The maximum atomic E-state index is 12.7. The molecule has 1 aromatic carbocycles. The van der Waals surface area contributed by atoms with Crippen LogP contribution in [0.15, 0.2) is 18.2 Å². The van der Waals surface area contributed by atoms with Crippen LogP contribution >= 0.6 is 0 Å². The Morgan fingerprint density at radius 3 is 2.46 bits per heavy atom. The predicted molar refractivity (Wildman–Crippen MR) is 41.0 cm³/mol. The van der Waals surface area contributed by atoms with Gasteiger partial charge in [-0.15, -0.1) is 0 Å². The molecule has 0 unspecified atom stereocenters.